The topological polar surface area (TPSA) is 152 Å². The Bertz CT molecular complexity index is 1700. The van der Waals surface area contributed by atoms with Crippen LogP contribution in [0.3, 0.4) is 0 Å². The molecule has 2 saturated heterocycles. The van der Waals surface area contributed by atoms with Gasteiger partial charge in [0, 0.05) is 50.0 Å². The zero-order valence-electron chi connectivity index (χ0n) is 25.3. The van der Waals surface area contributed by atoms with E-state index in [1.54, 1.807) is 40.8 Å². The Morgan fingerprint density at radius 3 is 2.58 bits per heavy atom. The lowest BCUT2D eigenvalue weighted by Gasteiger charge is -2.38. The first-order chi connectivity index (χ1) is 21.5. The predicted octanol–water partition coefficient (Wildman–Crippen LogP) is 2.21. The molecular formula is C31H41N5O7S2. The van der Waals surface area contributed by atoms with Crippen LogP contribution < -0.4 is 14.8 Å². The summed E-state index contributed by atoms with van der Waals surface area (Å²) in [5.41, 5.74) is 1.35. The number of sulfonamides is 2. The van der Waals surface area contributed by atoms with Crippen molar-refractivity contribution < 1.29 is 31.4 Å². The summed E-state index contributed by atoms with van der Waals surface area (Å²) in [6.45, 7) is 2.39. The largest absolute Gasteiger partial charge is 0.491 e. The van der Waals surface area contributed by atoms with Crippen LogP contribution in [0.2, 0.25) is 0 Å². The maximum absolute atomic E-state index is 13.6. The van der Waals surface area contributed by atoms with Crippen LogP contribution in [0, 0.1) is 5.92 Å². The van der Waals surface area contributed by atoms with Gasteiger partial charge in [-0.15, -0.1) is 0 Å². The smallest absolute Gasteiger partial charge is 0.243 e. The molecule has 0 bridgehead atoms. The van der Waals surface area contributed by atoms with Gasteiger partial charge in [0.05, 0.1) is 28.2 Å². The molecule has 45 heavy (non-hydrogen) atoms. The quantitative estimate of drug-likeness (QED) is 0.251. The molecule has 2 aliphatic heterocycles. The fourth-order valence-electron chi connectivity index (χ4n) is 6.02. The average molecular weight is 660 g/mol. The Morgan fingerprint density at radius 1 is 1.07 bits per heavy atom. The number of piperidine rings is 1. The van der Waals surface area contributed by atoms with E-state index in [0.717, 1.165) is 24.1 Å². The van der Waals surface area contributed by atoms with Crippen molar-refractivity contribution in [2.24, 2.45) is 5.92 Å². The van der Waals surface area contributed by atoms with Gasteiger partial charge in [0.1, 0.15) is 18.5 Å². The van der Waals surface area contributed by atoms with E-state index in [0.29, 0.717) is 44.2 Å². The van der Waals surface area contributed by atoms with Gasteiger partial charge in [-0.1, -0.05) is 18.2 Å². The second kappa shape index (κ2) is 13.1. The Morgan fingerprint density at radius 2 is 1.82 bits per heavy atom. The summed E-state index contributed by atoms with van der Waals surface area (Å²) in [4.78, 5) is 0.368. The second-order valence-electron chi connectivity index (χ2n) is 12.3. The van der Waals surface area contributed by atoms with Gasteiger partial charge in [0.15, 0.2) is 0 Å². The van der Waals surface area contributed by atoms with Crippen molar-refractivity contribution in [3.8, 4) is 16.9 Å². The molecule has 1 spiro atoms. The third-order valence-corrected chi connectivity index (χ3v) is 12.2. The Hall–Kier alpha value is -2.85. The van der Waals surface area contributed by atoms with Crippen LogP contribution in [0.1, 0.15) is 32.1 Å². The molecule has 1 unspecified atom stereocenters. The fraction of sp³-hybridized carbons (Fsp3) is 0.516. The third kappa shape index (κ3) is 7.59. The summed E-state index contributed by atoms with van der Waals surface area (Å²) >= 11 is 0. The SMILES string of the molecule is CNS(=O)(=O)c1cccc(OC[C@@H](O)CNC2COC3(CCN(S(=O)(=O)c4cccc(-c5cnn(CC6CC6)c5)c4)CC3)C2)c1. The zero-order chi connectivity index (χ0) is 31.7. The summed E-state index contributed by atoms with van der Waals surface area (Å²) in [5, 5.41) is 18.3. The summed E-state index contributed by atoms with van der Waals surface area (Å²) in [7, 11) is -5.92. The molecule has 3 fully saturated rings. The van der Waals surface area contributed by atoms with Gasteiger partial charge in [0.25, 0.3) is 0 Å². The van der Waals surface area contributed by atoms with Gasteiger partial charge >= 0.3 is 0 Å². The van der Waals surface area contributed by atoms with Gasteiger partial charge in [0.2, 0.25) is 20.0 Å². The fourth-order valence-corrected chi connectivity index (χ4v) is 8.28. The molecule has 2 atom stereocenters. The van der Waals surface area contributed by atoms with Crippen molar-refractivity contribution in [1.29, 1.82) is 0 Å². The molecule has 2 aromatic carbocycles. The summed E-state index contributed by atoms with van der Waals surface area (Å²) in [6.07, 6.45) is 7.36. The van der Waals surface area contributed by atoms with Crippen LogP contribution in [0.25, 0.3) is 11.1 Å². The first-order valence-corrected chi connectivity index (χ1v) is 18.3. The summed E-state index contributed by atoms with van der Waals surface area (Å²) < 4.78 is 68.8. The first-order valence-electron chi connectivity index (χ1n) is 15.4. The highest BCUT2D eigenvalue weighted by atomic mass is 32.2. The molecule has 14 heteroatoms. The van der Waals surface area contributed by atoms with Crippen LogP contribution in [-0.2, 0) is 31.3 Å². The van der Waals surface area contributed by atoms with Crippen molar-refractivity contribution in [2.45, 2.75) is 66.2 Å². The molecule has 6 rings (SSSR count). The van der Waals surface area contributed by atoms with Crippen molar-refractivity contribution in [3.05, 3.63) is 60.9 Å². The highest BCUT2D eigenvalue weighted by molar-refractivity contribution is 7.89. The van der Waals surface area contributed by atoms with E-state index < -0.39 is 31.8 Å². The second-order valence-corrected chi connectivity index (χ2v) is 16.1. The molecule has 3 aromatic rings. The van der Waals surface area contributed by atoms with E-state index in [1.807, 2.05) is 16.9 Å². The van der Waals surface area contributed by atoms with E-state index >= 15 is 0 Å². The Balaban J connectivity index is 0.975. The number of nitrogens with one attached hydrogen (secondary N) is 2. The highest BCUT2D eigenvalue weighted by Crippen LogP contribution is 2.38. The highest BCUT2D eigenvalue weighted by Gasteiger charge is 2.44. The number of aliphatic hydroxyl groups excluding tert-OH is 1. The number of aromatic nitrogens is 2. The summed E-state index contributed by atoms with van der Waals surface area (Å²) in [6, 6.07) is 13.2. The number of nitrogens with zero attached hydrogens (tertiary/aromatic N) is 3. The molecule has 12 nitrogen and oxygen atoms in total. The Kier molecular flexibility index (Phi) is 9.35. The molecule has 1 saturated carbocycles. The average Bonchev–Trinajstić information content (AvgIpc) is 3.59. The minimum Gasteiger partial charge on any atom is -0.491 e. The Labute approximate surface area is 264 Å². The minimum atomic E-state index is -3.67. The number of benzene rings is 2. The first kappa shape index (κ1) is 32.1. The lowest BCUT2D eigenvalue weighted by Crippen LogP contribution is -2.47. The maximum Gasteiger partial charge on any atom is 0.243 e. The monoisotopic (exact) mass is 659 g/mol. The summed E-state index contributed by atoms with van der Waals surface area (Å²) in [5.74, 6) is 1.05. The van der Waals surface area contributed by atoms with Crippen LogP contribution in [0.15, 0.2) is 70.7 Å². The van der Waals surface area contributed by atoms with Gasteiger partial charge in [-0.05, 0) is 74.9 Å². The standard InChI is InChI=1S/C31H41N5O7S2/c1-32-44(38,39)29-6-3-5-28(15-29)42-22-27(37)18-33-26-16-31(43-21-26)10-12-36(13-11-31)45(40,41)30-7-2-4-24(14-30)25-17-34-35(20-25)19-23-8-9-23/h2-7,14-15,17,20,23,26-27,32-33,37H,8-13,16,18-19,21-22H2,1H3/t26?,27-/m0/s1. The number of rotatable bonds is 13. The van der Waals surface area contributed by atoms with Gasteiger partial charge < -0.3 is 19.9 Å². The van der Waals surface area contributed by atoms with Crippen LogP contribution in [0.5, 0.6) is 5.75 Å². The number of aliphatic hydroxyl groups is 1. The normalized spacial score (nSPS) is 21.2. The van der Waals surface area contributed by atoms with E-state index in [2.05, 4.69) is 15.1 Å². The molecule has 1 aromatic heterocycles. The van der Waals surface area contributed by atoms with Crippen molar-refractivity contribution in [1.82, 2.24) is 24.1 Å². The predicted molar refractivity (Wildman–Crippen MR) is 168 cm³/mol. The van der Waals surface area contributed by atoms with Crippen molar-refractivity contribution >= 4 is 20.0 Å². The maximum atomic E-state index is 13.6. The van der Waals surface area contributed by atoms with E-state index in [-0.39, 0.29) is 29.0 Å². The number of hydrogen-bond acceptors (Lipinski definition) is 9. The lowest BCUT2D eigenvalue weighted by atomic mass is 9.88. The molecule has 1 aliphatic carbocycles. The van der Waals surface area contributed by atoms with Gasteiger partial charge in [-0.3, -0.25) is 4.68 Å². The lowest BCUT2D eigenvalue weighted by molar-refractivity contribution is -0.0312. The molecule has 0 amide bonds. The molecular weight excluding hydrogens is 619 g/mol. The molecule has 3 heterocycles. The minimum absolute atomic E-state index is 0.00833. The van der Waals surface area contributed by atoms with Crippen LogP contribution >= 0.6 is 0 Å². The van der Waals surface area contributed by atoms with Crippen molar-refractivity contribution in [3.63, 3.8) is 0 Å². The number of hydrogen-bond donors (Lipinski definition) is 3. The third-order valence-electron chi connectivity index (χ3n) is 8.89. The van der Waals surface area contributed by atoms with Crippen LogP contribution in [0.4, 0.5) is 0 Å². The molecule has 3 aliphatic rings. The van der Waals surface area contributed by atoms with Gasteiger partial charge in [-0.25, -0.2) is 21.6 Å². The molecule has 244 valence electrons. The van der Waals surface area contributed by atoms with Crippen molar-refractivity contribution in [2.75, 3.05) is 39.9 Å². The van der Waals surface area contributed by atoms with E-state index in [1.165, 1.54) is 32.0 Å². The van der Waals surface area contributed by atoms with Gasteiger partial charge in [-0.2, -0.15) is 9.40 Å². The van der Waals surface area contributed by atoms with E-state index in [4.69, 9.17) is 9.47 Å². The number of ether oxygens (including phenoxy) is 2. The van der Waals surface area contributed by atoms with Crippen LogP contribution in [-0.4, -0.2) is 93.7 Å². The molecule has 3 N–H and O–H groups in total. The zero-order valence-corrected chi connectivity index (χ0v) is 27.0. The molecule has 0 radical (unpaired) electrons. The van der Waals surface area contributed by atoms with E-state index in [9.17, 15) is 21.9 Å².